The molecule has 0 saturated carbocycles. The molecule has 0 fully saturated rings. The molecule has 0 N–H and O–H groups in total. The molecule has 1 aliphatic carbocycles. The topological polar surface area (TPSA) is 107 Å². The predicted octanol–water partition coefficient (Wildman–Crippen LogP) is 4.36. The summed E-state index contributed by atoms with van der Waals surface area (Å²) in [6, 6.07) is 12.6. The number of ether oxygens (including phenoxy) is 4. The quantitative estimate of drug-likeness (QED) is 0.292. The minimum absolute atomic E-state index is 0.0469. The monoisotopic (exact) mass is 538 g/mol. The molecule has 0 aromatic heterocycles. The van der Waals surface area contributed by atoms with Gasteiger partial charge in [0.05, 0.1) is 45.1 Å². The van der Waals surface area contributed by atoms with Crippen molar-refractivity contribution in [1.82, 2.24) is 0 Å². The van der Waals surface area contributed by atoms with Crippen molar-refractivity contribution < 1.29 is 28.5 Å². The number of hydrogen-bond acceptors (Lipinski definition) is 8. The van der Waals surface area contributed by atoms with Gasteiger partial charge in [-0.25, -0.2) is 4.79 Å². The van der Waals surface area contributed by atoms with Crippen molar-refractivity contribution in [1.29, 1.82) is 5.26 Å². The number of benzene rings is 2. The number of methoxy groups -OCH3 is 3. The number of halogens is 1. The molecular formula is C26H23BrN2O6. The molecule has 0 bridgehead atoms. The van der Waals surface area contributed by atoms with E-state index in [-0.39, 0.29) is 24.4 Å². The lowest BCUT2D eigenvalue weighted by Crippen LogP contribution is -2.46. The smallest absolute Gasteiger partial charge is 0.336 e. The van der Waals surface area contributed by atoms with Crippen LogP contribution in [0.25, 0.3) is 0 Å². The molecule has 2 aliphatic rings. The van der Waals surface area contributed by atoms with E-state index in [0.717, 1.165) is 0 Å². The molecule has 2 aromatic rings. The lowest BCUT2D eigenvalue weighted by Gasteiger charge is -2.37. The molecule has 35 heavy (non-hydrogen) atoms. The van der Waals surface area contributed by atoms with Crippen LogP contribution in [0, 0.1) is 11.3 Å². The van der Waals surface area contributed by atoms with Gasteiger partial charge in [0.25, 0.3) is 0 Å². The number of fused-ring (bicyclic) bond motifs is 3. The van der Waals surface area contributed by atoms with E-state index in [9.17, 15) is 9.59 Å². The van der Waals surface area contributed by atoms with E-state index < -0.39 is 16.2 Å². The number of nitriles is 1. The first kappa shape index (κ1) is 24.5. The summed E-state index contributed by atoms with van der Waals surface area (Å²) in [5, 5.41) is 8.87. The Morgan fingerprint density at radius 3 is 2.31 bits per heavy atom. The number of rotatable bonds is 7. The van der Waals surface area contributed by atoms with E-state index in [0.29, 0.717) is 45.3 Å². The highest BCUT2D eigenvalue weighted by Gasteiger charge is 2.59. The van der Waals surface area contributed by atoms with Crippen molar-refractivity contribution in [3.8, 4) is 23.3 Å². The van der Waals surface area contributed by atoms with Gasteiger partial charge >= 0.3 is 5.97 Å². The van der Waals surface area contributed by atoms with Crippen molar-refractivity contribution in [2.75, 3.05) is 27.9 Å². The van der Waals surface area contributed by atoms with Gasteiger partial charge in [0.1, 0.15) is 10.9 Å². The van der Waals surface area contributed by atoms with Crippen molar-refractivity contribution in [2.45, 2.75) is 23.6 Å². The summed E-state index contributed by atoms with van der Waals surface area (Å²) < 4.78 is 20.6. The minimum atomic E-state index is -1.37. The lowest BCUT2D eigenvalue weighted by atomic mass is 9.74. The van der Waals surface area contributed by atoms with Crippen molar-refractivity contribution in [3.05, 3.63) is 64.4 Å². The third-order valence-electron chi connectivity index (χ3n) is 6.14. The number of esters is 1. The Bertz CT molecular complexity index is 1300. The summed E-state index contributed by atoms with van der Waals surface area (Å²) in [5.41, 5.74) is 2.91. The summed E-state index contributed by atoms with van der Waals surface area (Å²) in [6.45, 7) is 1.63. The second-order valence-corrected chi connectivity index (χ2v) is 9.23. The van der Waals surface area contributed by atoms with Gasteiger partial charge in [-0.2, -0.15) is 5.26 Å². The first-order valence-electron chi connectivity index (χ1n) is 10.8. The van der Waals surface area contributed by atoms with Crippen LogP contribution >= 0.6 is 15.9 Å². The molecule has 2 unspecified atom stereocenters. The van der Waals surface area contributed by atoms with Gasteiger partial charge in [0.15, 0.2) is 17.3 Å². The maximum absolute atomic E-state index is 13.9. The lowest BCUT2D eigenvalue weighted by molar-refractivity contribution is -0.139. The molecule has 2 aromatic carbocycles. The van der Waals surface area contributed by atoms with E-state index in [1.54, 1.807) is 31.2 Å². The third-order valence-corrected chi connectivity index (χ3v) is 7.34. The molecule has 1 aliphatic heterocycles. The van der Waals surface area contributed by atoms with Gasteiger partial charge in [0, 0.05) is 22.7 Å². The number of carbonyl (C=O) groups is 2. The molecule has 0 amide bonds. The van der Waals surface area contributed by atoms with E-state index in [2.05, 4.69) is 15.9 Å². The Hall–Kier alpha value is -3.64. The number of allylic oxidation sites excluding steroid dienone is 1. The Labute approximate surface area is 211 Å². The normalized spacial score (nSPS) is 20.4. The van der Waals surface area contributed by atoms with Crippen LogP contribution in [0.3, 0.4) is 0 Å². The van der Waals surface area contributed by atoms with Gasteiger partial charge in [-0.15, -0.1) is 0 Å². The van der Waals surface area contributed by atoms with Crippen molar-refractivity contribution in [3.63, 3.8) is 0 Å². The fourth-order valence-electron chi connectivity index (χ4n) is 4.63. The highest BCUT2D eigenvalue weighted by Crippen LogP contribution is 2.55. The predicted molar refractivity (Wildman–Crippen MR) is 132 cm³/mol. The second-order valence-electron chi connectivity index (χ2n) is 7.98. The highest BCUT2D eigenvalue weighted by molar-refractivity contribution is 9.10. The summed E-state index contributed by atoms with van der Waals surface area (Å²) >= 11 is 3.73. The van der Waals surface area contributed by atoms with Crippen LogP contribution in [-0.2, 0) is 9.53 Å². The van der Waals surface area contributed by atoms with Gasteiger partial charge in [-0.3, -0.25) is 9.79 Å². The zero-order chi connectivity index (χ0) is 25.3. The number of carbonyl (C=O) groups excluding carboxylic acids is 2. The molecule has 0 radical (unpaired) electrons. The molecule has 0 spiro atoms. The summed E-state index contributed by atoms with van der Waals surface area (Å²) in [4.78, 5) is 31.9. The maximum atomic E-state index is 13.9. The fraction of sp³-hybridized carbons (Fsp3) is 0.308. The van der Waals surface area contributed by atoms with E-state index in [4.69, 9.17) is 29.2 Å². The maximum Gasteiger partial charge on any atom is 0.336 e. The molecular weight excluding hydrogens is 516 g/mol. The highest BCUT2D eigenvalue weighted by atomic mass is 79.9. The van der Waals surface area contributed by atoms with Crippen LogP contribution in [0.2, 0.25) is 0 Å². The number of hydrogen-bond donors (Lipinski definition) is 0. The average molecular weight is 539 g/mol. The number of alkyl halides is 1. The van der Waals surface area contributed by atoms with Crippen molar-refractivity contribution in [2.24, 2.45) is 4.99 Å². The molecule has 2 atom stereocenters. The number of aliphatic imine (C=N–C) groups is 1. The van der Waals surface area contributed by atoms with Crippen LogP contribution in [0.15, 0.2) is 52.7 Å². The Balaban J connectivity index is 1.99. The minimum Gasteiger partial charge on any atom is -0.493 e. The number of ketones is 1. The second kappa shape index (κ2) is 9.55. The molecule has 4 rings (SSSR count). The zero-order valence-electron chi connectivity index (χ0n) is 19.7. The third kappa shape index (κ3) is 3.78. The first-order valence-corrected chi connectivity index (χ1v) is 11.6. The summed E-state index contributed by atoms with van der Waals surface area (Å²) in [7, 11) is 4.48. The Kier molecular flexibility index (Phi) is 6.68. The Morgan fingerprint density at radius 1 is 1.11 bits per heavy atom. The fourth-order valence-corrected chi connectivity index (χ4v) is 5.64. The summed E-state index contributed by atoms with van der Waals surface area (Å²) in [5.74, 6) is -0.577. The largest absolute Gasteiger partial charge is 0.493 e. The van der Waals surface area contributed by atoms with Gasteiger partial charge in [-0.1, -0.05) is 40.2 Å². The molecule has 8 nitrogen and oxygen atoms in total. The standard InChI is InChI=1S/C26H23BrN2O6/c1-14-20(25(31)35-11-7-10-28)21(15-12-18(32-2)22(34-4)19(13-15)33-3)26(27)23(29-14)16-8-5-6-9-17(16)24(26)30/h5-6,8-9,12-13,21H,7,11H2,1-4H3. The number of Topliss-reactive ketones (excluding diaryl/α,β-unsaturated/α-hetero) is 1. The Morgan fingerprint density at radius 2 is 1.74 bits per heavy atom. The van der Waals surface area contributed by atoms with E-state index in [1.165, 1.54) is 21.3 Å². The van der Waals surface area contributed by atoms with Gasteiger partial charge in [0.2, 0.25) is 5.75 Å². The number of nitrogens with zero attached hydrogens (tertiary/aromatic N) is 2. The van der Waals surface area contributed by atoms with Crippen molar-refractivity contribution >= 4 is 33.4 Å². The first-order chi connectivity index (χ1) is 16.8. The molecule has 1 heterocycles. The van der Waals surface area contributed by atoms with Gasteiger partial charge in [-0.05, 0) is 24.6 Å². The van der Waals surface area contributed by atoms with Crippen LogP contribution in [0.5, 0.6) is 17.2 Å². The molecule has 9 heteroatoms. The van der Waals surface area contributed by atoms with Crippen LogP contribution < -0.4 is 14.2 Å². The molecule has 0 saturated heterocycles. The van der Waals surface area contributed by atoms with Crippen LogP contribution in [-0.4, -0.2) is 49.7 Å². The van der Waals surface area contributed by atoms with E-state index in [1.807, 2.05) is 18.2 Å². The summed E-state index contributed by atoms with van der Waals surface area (Å²) in [6.07, 6.45) is 0.0469. The van der Waals surface area contributed by atoms with Gasteiger partial charge < -0.3 is 18.9 Å². The average Bonchev–Trinajstić information content (AvgIpc) is 3.09. The SMILES string of the molecule is COc1cc(C2C(C(=O)OCCC#N)=C(C)N=C3c4ccccc4C(=O)C32Br)cc(OC)c1OC. The molecule has 180 valence electrons. The van der Waals surface area contributed by atoms with Crippen LogP contribution in [0.4, 0.5) is 0 Å². The van der Waals surface area contributed by atoms with E-state index >= 15 is 0 Å². The van der Waals surface area contributed by atoms with Crippen LogP contribution in [0.1, 0.15) is 40.7 Å². The zero-order valence-corrected chi connectivity index (χ0v) is 21.3.